The molecule has 102 valence electrons. The second kappa shape index (κ2) is 4.68. The van der Waals surface area contributed by atoms with E-state index in [2.05, 4.69) is 0 Å². The van der Waals surface area contributed by atoms with Crippen molar-refractivity contribution in [3.63, 3.8) is 0 Å². The molecule has 0 saturated heterocycles. The van der Waals surface area contributed by atoms with E-state index in [0.29, 0.717) is 0 Å². The molecule has 1 aromatic rings. The molecule has 1 rings (SSSR count). The van der Waals surface area contributed by atoms with Gasteiger partial charge >= 0.3 is 6.18 Å². The van der Waals surface area contributed by atoms with Gasteiger partial charge < -0.3 is 15.2 Å². The molecule has 0 amide bonds. The van der Waals surface area contributed by atoms with Crippen LogP contribution in [0.5, 0.6) is 11.5 Å². The fourth-order valence-electron chi connectivity index (χ4n) is 1.80. The van der Waals surface area contributed by atoms with E-state index in [4.69, 9.17) is 15.2 Å². The largest absolute Gasteiger partial charge is 0.493 e. The maximum absolute atomic E-state index is 13.0. The Labute approximate surface area is 104 Å². The minimum absolute atomic E-state index is 0.0137. The molecule has 0 bridgehead atoms. The Bertz CT molecular complexity index is 436. The lowest BCUT2D eigenvalue weighted by Gasteiger charge is -2.27. The average molecular weight is 263 g/mol. The average Bonchev–Trinajstić information content (AvgIpc) is 2.24. The molecule has 3 nitrogen and oxygen atoms in total. The highest BCUT2D eigenvalue weighted by molar-refractivity contribution is 5.54. The van der Waals surface area contributed by atoms with Gasteiger partial charge in [0.15, 0.2) is 11.5 Å². The monoisotopic (exact) mass is 263 g/mol. The molecule has 0 saturated carbocycles. The lowest BCUT2D eigenvalue weighted by atomic mass is 9.89. The SMILES string of the molecule is COc1ccc(C(F)(F)F)c(C(C)(C)N)c1OC. The lowest BCUT2D eigenvalue weighted by molar-refractivity contribution is -0.138. The van der Waals surface area contributed by atoms with Gasteiger partial charge in [0.25, 0.3) is 0 Å². The van der Waals surface area contributed by atoms with Gasteiger partial charge in [-0.25, -0.2) is 0 Å². The molecule has 0 heterocycles. The molecular weight excluding hydrogens is 247 g/mol. The quantitative estimate of drug-likeness (QED) is 0.912. The fraction of sp³-hybridized carbons (Fsp3) is 0.500. The summed E-state index contributed by atoms with van der Waals surface area (Å²) in [7, 11) is 2.64. The molecule has 0 atom stereocenters. The van der Waals surface area contributed by atoms with Crippen molar-refractivity contribution >= 4 is 0 Å². The molecule has 1 aromatic carbocycles. The summed E-state index contributed by atoms with van der Waals surface area (Å²) in [6.45, 7) is 2.97. The van der Waals surface area contributed by atoms with E-state index in [1.54, 1.807) is 0 Å². The van der Waals surface area contributed by atoms with Crippen LogP contribution in [-0.2, 0) is 11.7 Å². The van der Waals surface area contributed by atoms with Crippen LogP contribution in [0.1, 0.15) is 25.0 Å². The molecule has 0 spiro atoms. The van der Waals surface area contributed by atoms with Gasteiger partial charge in [-0.3, -0.25) is 0 Å². The molecule has 18 heavy (non-hydrogen) atoms. The number of rotatable bonds is 3. The number of methoxy groups -OCH3 is 2. The Morgan fingerprint density at radius 3 is 1.94 bits per heavy atom. The number of ether oxygens (including phenoxy) is 2. The number of alkyl halides is 3. The predicted octanol–water partition coefficient (Wildman–Crippen LogP) is 2.92. The highest BCUT2D eigenvalue weighted by atomic mass is 19.4. The number of hydrogen-bond donors (Lipinski definition) is 1. The van der Waals surface area contributed by atoms with Crippen LogP contribution in [0.3, 0.4) is 0 Å². The normalized spacial score (nSPS) is 12.4. The Balaban J connectivity index is 3.66. The van der Waals surface area contributed by atoms with Crippen molar-refractivity contribution < 1.29 is 22.6 Å². The zero-order chi connectivity index (χ0) is 14.1. The molecule has 0 aliphatic rings. The standard InChI is InChI=1S/C12H16F3NO2/c1-11(2,16)9-7(12(13,14)15)5-6-8(17-3)10(9)18-4/h5-6H,16H2,1-4H3. The van der Waals surface area contributed by atoms with Crippen LogP contribution in [0.2, 0.25) is 0 Å². The van der Waals surface area contributed by atoms with Gasteiger partial charge in [-0.05, 0) is 26.0 Å². The third kappa shape index (κ3) is 2.69. The van der Waals surface area contributed by atoms with Crippen molar-refractivity contribution in [2.75, 3.05) is 14.2 Å². The summed E-state index contributed by atoms with van der Waals surface area (Å²) < 4.78 is 49.0. The molecule has 0 radical (unpaired) electrons. The Kier molecular flexibility index (Phi) is 3.81. The van der Waals surface area contributed by atoms with Crippen molar-refractivity contribution in [3.05, 3.63) is 23.3 Å². The number of halogens is 3. The van der Waals surface area contributed by atoms with Crippen LogP contribution < -0.4 is 15.2 Å². The number of benzene rings is 1. The minimum Gasteiger partial charge on any atom is -0.493 e. The molecule has 0 unspecified atom stereocenters. The maximum Gasteiger partial charge on any atom is 0.416 e. The van der Waals surface area contributed by atoms with Crippen LogP contribution >= 0.6 is 0 Å². The van der Waals surface area contributed by atoms with E-state index in [1.165, 1.54) is 34.1 Å². The molecule has 2 N–H and O–H groups in total. The van der Waals surface area contributed by atoms with Gasteiger partial charge in [0.1, 0.15) is 0 Å². The maximum atomic E-state index is 13.0. The molecule has 6 heteroatoms. The van der Waals surface area contributed by atoms with E-state index >= 15 is 0 Å². The summed E-state index contributed by atoms with van der Waals surface area (Å²) in [5.74, 6) is 0.235. The van der Waals surface area contributed by atoms with Crippen LogP contribution in [0.25, 0.3) is 0 Å². The second-order valence-corrected chi connectivity index (χ2v) is 4.44. The topological polar surface area (TPSA) is 44.5 Å². The summed E-state index contributed by atoms with van der Waals surface area (Å²) in [6, 6.07) is 2.17. The van der Waals surface area contributed by atoms with Crippen molar-refractivity contribution in [2.24, 2.45) is 5.73 Å². The van der Waals surface area contributed by atoms with Crippen molar-refractivity contribution in [1.82, 2.24) is 0 Å². The number of hydrogen-bond acceptors (Lipinski definition) is 3. The van der Waals surface area contributed by atoms with Gasteiger partial charge in [0.2, 0.25) is 0 Å². The Morgan fingerprint density at radius 1 is 1.06 bits per heavy atom. The molecule has 0 aromatic heterocycles. The highest BCUT2D eigenvalue weighted by Crippen LogP contribution is 2.44. The van der Waals surface area contributed by atoms with Gasteiger partial charge in [0.05, 0.1) is 19.8 Å². The molecular formula is C12H16F3NO2. The summed E-state index contributed by atoms with van der Waals surface area (Å²) >= 11 is 0. The van der Waals surface area contributed by atoms with Gasteiger partial charge in [0, 0.05) is 11.1 Å². The van der Waals surface area contributed by atoms with E-state index in [1.807, 2.05) is 0 Å². The van der Waals surface area contributed by atoms with Crippen LogP contribution in [0, 0.1) is 0 Å². The van der Waals surface area contributed by atoms with Crippen LogP contribution in [-0.4, -0.2) is 14.2 Å². The third-order valence-corrected chi connectivity index (χ3v) is 2.50. The van der Waals surface area contributed by atoms with Crippen molar-refractivity contribution in [2.45, 2.75) is 25.6 Å². The van der Waals surface area contributed by atoms with E-state index in [-0.39, 0.29) is 17.1 Å². The van der Waals surface area contributed by atoms with Crippen LogP contribution in [0.15, 0.2) is 12.1 Å². The summed E-state index contributed by atoms with van der Waals surface area (Å²) in [4.78, 5) is 0. The summed E-state index contributed by atoms with van der Waals surface area (Å²) in [5, 5.41) is 0. The highest BCUT2D eigenvalue weighted by Gasteiger charge is 2.39. The minimum atomic E-state index is -4.49. The Hall–Kier alpha value is -1.43. The smallest absolute Gasteiger partial charge is 0.416 e. The fourth-order valence-corrected chi connectivity index (χ4v) is 1.80. The Morgan fingerprint density at radius 2 is 1.61 bits per heavy atom. The molecule has 0 fully saturated rings. The third-order valence-electron chi connectivity index (χ3n) is 2.50. The predicted molar refractivity (Wildman–Crippen MR) is 61.8 cm³/mol. The summed E-state index contributed by atoms with van der Waals surface area (Å²) in [5.41, 5.74) is 3.69. The first-order valence-electron chi connectivity index (χ1n) is 5.24. The first kappa shape index (κ1) is 14.6. The zero-order valence-electron chi connectivity index (χ0n) is 10.7. The van der Waals surface area contributed by atoms with Gasteiger partial charge in [-0.1, -0.05) is 0 Å². The second-order valence-electron chi connectivity index (χ2n) is 4.44. The first-order valence-corrected chi connectivity index (χ1v) is 5.24. The van der Waals surface area contributed by atoms with E-state index in [0.717, 1.165) is 6.07 Å². The first-order chi connectivity index (χ1) is 8.12. The molecule has 0 aliphatic heterocycles. The van der Waals surface area contributed by atoms with Crippen molar-refractivity contribution in [3.8, 4) is 11.5 Å². The van der Waals surface area contributed by atoms with E-state index < -0.39 is 17.3 Å². The molecule has 0 aliphatic carbocycles. The number of nitrogens with two attached hydrogens (primary N) is 1. The van der Waals surface area contributed by atoms with Crippen LogP contribution in [0.4, 0.5) is 13.2 Å². The summed E-state index contributed by atoms with van der Waals surface area (Å²) in [6.07, 6.45) is -4.49. The van der Waals surface area contributed by atoms with E-state index in [9.17, 15) is 13.2 Å². The lowest BCUT2D eigenvalue weighted by Crippen LogP contribution is -2.32. The van der Waals surface area contributed by atoms with Crippen molar-refractivity contribution in [1.29, 1.82) is 0 Å². The van der Waals surface area contributed by atoms with Gasteiger partial charge in [-0.15, -0.1) is 0 Å². The van der Waals surface area contributed by atoms with Gasteiger partial charge in [-0.2, -0.15) is 13.2 Å². The zero-order valence-corrected chi connectivity index (χ0v) is 10.7.